The van der Waals surface area contributed by atoms with E-state index in [1.165, 1.54) is 0 Å². The van der Waals surface area contributed by atoms with Crippen LogP contribution in [0.1, 0.15) is 6.42 Å². The molecule has 1 heterocycles. The molecule has 0 amide bonds. The van der Waals surface area contributed by atoms with Crippen molar-refractivity contribution < 1.29 is 0 Å². The topological polar surface area (TPSA) is 53.6 Å². The number of rotatable bonds is 1. The Morgan fingerprint density at radius 1 is 1.73 bits per heavy atom. The molecule has 0 bridgehead atoms. The fourth-order valence-corrected chi connectivity index (χ4v) is 1.33. The van der Waals surface area contributed by atoms with Gasteiger partial charge in [-0.2, -0.15) is 0 Å². The summed E-state index contributed by atoms with van der Waals surface area (Å²) in [4.78, 5) is 6.12. The minimum atomic E-state index is 0.490. The van der Waals surface area contributed by atoms with E-state index < -0.39 is 0 Å². The molecule has 64 valence electrons. The van der Waals surface area contributed by atoms with E-state index in [-0.39, 0.29) is 0 Å². The molecule has 0 aromatic rings. The van der Waals surface area contributed by atoms with Crippen molar-refractivity contribution in [1.29, 1.82) is 0 Å². The Balaban J connectivity index is 2.28. The van der Waals surface area contributed by atoms with Gasteiger partial charge >= 0.3 is 0 Å². The van der Waals surface area contributed by atoms with E-state index in [4.69, 9.17) is 5.73 Å². The van der Waals surface area contributed by atoms with Crippen LogP contribution in [-0.2, 0) is 0 Å². The number of nitrogens with one attached hydrogen (secondary N) is 1. The maximum atomic E-state index is 5.52. The second kappa shape index (κ2) is 3.57. The highest BCUT2D eigenvalue weighted by atomic mass is 15.2. The number of nitrogens with two attached hydrogens (primary N) is 1. The molecule has 0 aromatic heterocycles. The summed E-state index contributed by atoms with van der Waals surface area (Å²) in [6.45, 7) is 2.21. The average Bonchev–Trinajstić information content (AvgIpc) is 2.35. The summed E-state index contributed by atoms with van der Waals surface area (Å²) in [7, 11) is 3.81. The van der Waals surface area contributed by atoms with E-state index in [1.54, 1.807) is 7.05 Å². The van der Waals surface area contributed by atoms with Crippen LogP contribution < -0.4 is 11.1 Å². The van der Waals surface area contributed by atoms with Crippen molar-refractivity contribution in [2.75, 3.05) is 27.2 Å². The highest BCUT2D eigenvalue weighted by molar-refractivity contribution is 5.77. The van der Waals surface area contributed by atoms with E-state index in [0.29, 0.717) is 12.0 Å². The average molecular weight is 156 g/mol. The van der Waals surface area contributed by atoms with Gasteiger partial charge in [0.25, 0.3) is 0 Å². The van der Waals surface area contributed by atoms with Gasteiger partial charge in [-0.1, -0.05) is 0 Å². The molecule has 0 aliphatic carbocycles. The summed E-state index contributed by atoms with van der Waals surface area (Å²) in [6, 6.07) is 0.490. The third kappa shape index (κ3) is 2.38. The Hall–Kier alpha value is -0.770. The van der Waals surface area contributed by atoms with Gasteiger partial charge in [0.05, 0.1) is 0 Å². The van der Waals surface area contributed by atoms with E-state index in [1.807, 2.05) is 0 Å². The third-order valence-corrected chi connectivity index (χ3v) is 1.98. The summed E-state index contributed by atoms with van der Waals surface area (Å²) in [5.41, 5.74) is 5.52. The second-order valence-corrected chi connectivity index (χ2v) is 3.00. The van der Waals surface area contributed by atoms with Gasteiger partial charge in [-0.3, -0.25) is 4.99 Å². The van der Waals surface area contributed by atoms with Crippen LogP contribution in [0.5, 0.6) is 0 Å². The molecule has 4 nitrogen and oxygen atoms in total. The summed E-state index contributed by atoms with van der Waals surface area (Å²) in [5, 5.41) is 3.14. The minimum absolute atomic E-state index is 0.490. The van der Waals surface area contributed by atoms with Crippen molar-refractivity contribution >= 4 is 5.96 Å². The van der Waals surface area contributed by atoms with Crippen LogP contribution in [0, 0.1) is 0 Å². The maximum absolute atomic E-state index is 5.52. The standard InChI is InChI=1S/C7H16N4/c1-9-7(8)10-6-3-4-11(2)5-6/h6H,3-5H2,1-2H3,(H3,8,9,10). The van der Waals surface area contributed by atoms with Crippen LogP contribution in [-0.4, -0.2) is 44.1 Å². The molecule has 1 aliphatic heterocycles. The number of hydrogen-bond donors (Lipinski definition) is 2. The molecular formula is C7H16N4. The highest BCUT2D eigenvalue weighted by Gasteiger charge is 2.18. The number of guanidine groups is 1. The Bertz CT molecular complexity index is 155. The van der Waals surface area contributed by atoms with Crippen LogP contribution >= 0.6 is 0 Å². The molecule has 11 heavy (non-hydrogen) atoms. The smallest absolute Gasteiger partial charge is 0.188 e. The lowest BCUT2D eigenvalue weighted by Crippen LogP contribution is -2.41. The van der Waals surface area contributed by atoms with Crippen LogP contribution in [0.3, 0.4) is 0 Å². The first kappa shape index (κ1) is 8.33. The normalized spacial score (nSPS) is 27.5. The molecule has 0 aromatic carbocycles. The van der Waals surface area contributed by atoms with Gasteiger partial charge in [0, 0.05) is 19.6 Å². The molecule has 4 heteroatoms. The van der Waals surface area contributed by atoms with Gasteiger partial charge < -0.3 is 16.0 Å². The monoisotopic (exact) mass is 156 g/mol. The predicted octanol–water partition coefficient (Wildman–Crippen LogP) is -0.775. The molecule has 1 saturated heterocycles. The fourth-order valence-electron chi connectivity index (χ4n) is 1.33. The lowest BCUT2D eigenvalue weighted by atomic mass is 10.3. The highest BCUT2D eigenvalue weighted by Crippen LogP contribution is 2.04. The van der Waals surface area contributed by atoms with Gasteiger partial charge in [-0.15, -0.1) is 0 Å². The largest absolute Gasteiger partial charge is 0.370 e. The first-order chi connectivity index (χ1) is 5.22. The van der Waals surface area contributed by atoms with Crippen LogP contribution in [0.4, 0.5) is 0 Å². The van der Waals surface area contributed by atoms with Crippen LogP contribution in [0.15, 0.2) is 4.99 Å². The molecule has 1 atom stereocenters. The van der Waals surface area contributed by atoms with Gasteiger partial charge in [-0.05, 0) is 20.0 Å². The molecule has 0 spiro atoms. The van der Waals surface area contributed by atoms with Crippen LogP contribution in [0.2, 0.25) is 0 Å². The zero-order chi connectivity index (χ0) is 8.27. The minimum Gasteiger partial charge on any atom is -0.370 e. The zero-order valence-electron chi connectivity index (χ0n) is 7.17. The quantitative estimate of drug-likeness (QED) is 0.387. The maximum Gasteiger partial charge on any atom is 0.188 e. The van der Waals surface area contributed by atoms with Crippen LogP contribution in [0.25, 0.3) is 0 Å². The molecule has 1 rings (SSSR count). The fraction of sp³-hybridized carbons (Fsp3) is 0.857. The number of likely N-dealkylation sites (N-methyl/N-ethyl adjacent to an activating group) is 1. The first-order valence-electron chi connectivity index (χ1n) is 3.89. The SMILES string of the molecule is CN=C(N)NC1CCN(C)C1. The van der Waals surface area contributed by atoms with Gasteiger partial charge in [-0.25, -0.2) is 0 Å². The van der Waals surface area contributed by atoms with Gasteiger partial charge in [0.15, 0.2) is 5.96 Å². The van der Waals surface area contributed by atoms with Crippen molar-refractivity contribution in [3.63, 3.8) is 0 Å². The van der Waals surface area contributed by atoms with Crippen molar-refractivity contribution in [3.8, 4) is 0 Å². The summed E-state index contributed by atoms with van der Waals surface area (Å²) < 4.78 is 0. The second-order valence-electron chi connectivity index (χ2n) is 3.00. The Morgan fingerprint density at radius 3 is 2.91 bits per heavy atom. The first-order valence-corrected chi connectivity index (χ1v) is 3.89. The summed E-state index contributed by atoms with van der Waals surface area (Å²) in [6.07, 6.45) is 1.16. The molecule has 0 saturated carbocycles. The van der Waals surface area contributed by atoms with Crippen molar-refractivity contribution in [1.82, 2.24) is 10.2 Å². The molecular weight excluding hydrogens is 140 g/mol. The number of nitrogens with zero attached hydrogens (tertiary/aromatic N) is 2. The third-order valence-electron chi connectivity index (χ3n) is 1.98. The summed E-state index contributed by atoms with van der Waals surface area (Å²) >= 11 is 0. The lowest BCUT2D eigenvalue weighted by molar-refractivity contribution is 0.407. The number of likely N-dealkylation sites (tertiary alicyclic amines) is 1. The molecule has 1 unspecified atom stereocenters. The van der Waals surface area contributed by atoms with Crippen molar-refractivity contribution in [2.45, 2.75) is 12.5 Å². The summed E-state index contributed by atoms with van der Waals surface area (Å²) in [5.74, 6) is 0.547. The molecule has 1 aliphatic rings. The Kier molecular flexibility index (Phi) is 2.70. The van der Waals surface area contributed by atoms with Gasteiger partial charge in [0.1, 0.15) is 0 Å². The Morgan fingerprint density at radius 2 is 2.45 bits per heavy atom. The van der Waals surface area contributed by atoms with E-state index >= 15 is 0 Å². The predicted molar refractivity (Wildman–Crippen MR) is 46.6 cm³/mol. The van der Waals surface area contributed by atoms with Crippen molar-refractivity contribution in [3.05, 3.63) is 0 Å². The zero-order valence-corrected chi connectivity index (χ0v) is 7.17. The van der Waals surface area contributed by atoms with E-state index in [0.717, 1.165) is 19.5 Å². The number of hydrogen-bond acceptors (Lipinski definition) is 2. The van der Waals surface area contributed by atoms with Gasteiger partial charge in [0.2, 0.25) is 0 Å². The molecule has 1 fully saturated rings. The van der Waals surface area contributed by atoms with E-state index in [2.05, 4.69) is 22.3 Å². The lowest BCUT2D eigenvalue weighted by Gasteiger charge is -2.12. The molecule has 0 radical (unpaired) electrons. The number of aliphatic imine (C=N–C) groups is 1. The van der Waals surface area contributed by atoms with Crippen molar-refractivity contribution in [2.24, 2.45) is 10.7 Å². The molecule has 3 N–H and O–H groups in total. The van der Waals surface area contributed by atoms with E-state index in [9.17, 15) is 0 Å². The Labute approximate surface area is 67.5 Å².